The fourth-order valence-corrected chi connectivity index (χ4v) is 3.74. The van der Waals surface area contributed by atoms with Crippen molar-refractivity contribution in [1.29, 1.82) is 0 Å². The van der Waals surface area contributed by atoms with Gasteiger partial charge in [-0.2, -0.15) is 0 Å². The molecule has 0 saturated heterocycles. The van der Waals surface area contributed by atoms with E-state index >= 15 is 0 Å². The maximum absolute atomic E-state index is 12.4. The topological polar surface area (TPSA) is 52.2 Å². The Morgan fingerprint density at radius 1 is 1.00 bits per heavy atom. The van der Waals surface area contributed by atoms with E-state index in [4.69, 9.17) is 0 Å². The number of para-hydroxylation sites is 1. The standard InChI is InChI=1S/C18H16N4OS/c1-21-16(23)14-9-5-6-10-15(14)22-17(21)19-20-18(22)24-12-11-13-7-3-2-4-8-13/h2-10H,11-12H2,1H3. The van der Waals surface area contributed by atoms with E-state index in [0.717, 1.165) is 22.8 Å². The van der Waals surface area contributed by atoms with E-state index in [0.29, 0.717) is 11.2 Å². The minimum atomic E-state index is -0.0497. The number of benzene rings is 2. The predicted octanol–water partition coefficient (Wildman–Crippen LogP) is 2.92. The Morgan fingerprint density at radius 2 is 1.75 bits per heavy atom. The molecule has 120 valence electrons. The van der Waals surface area contributed by atoms with Crippen LogP contribution in [0.15, 0.2) is 64.5 Å². The van der Waals surface area contributed by atoms with Crippen molar-refractivity contribution in [3.05, 3.63) is 70.5 Å². The summed E-state index contributed by atoms with van der Waals surface area (Å²) in [7, 11) is 1.73. The molecule has 2 aromatic heterocycles. The van der Waals surface area contributed by atoms with Crippen LogP contribution in [-0.2, 0) is 13.5 Å². The Morgan fingerprint density at radius 3 is 2.58 bits per heavy atom. The number of rotatable bonds is 4. The molecule has 0 saturated carbocycles. The Bertz CT molecular complexity index is 1070. The number of thioether (sulfide) groups is 1. The number of aryl methyl sites for hydroxylation is 2. The molecule has 4 rings (SSSR count). The van der Waals surface area contributed by atoms with Gasteiger partial charge >= 0.3 is 0 Å². The summed E-state index contributed by atoms with van der Waals surface area (Å²) < 4.78 is 3.52. The summed E-state index contributed by atoms with van der Waals surface area (Å²) in [6.45, 7) is 0. The minimum Gasteiger partial charge on any atom is -0.279 e. The Balaban J connectivity index is 1.73. The summed E-state index contributed by atoms with van der Waals surface area (Å²) in [5.41, 5.74) is 2.10. The highest BCUT2D eigenvalue weighted by atomic mass is 32.2. The van der Waals surface area contributed by atoms with Gasteiger partial charge in [0.2, 0.25) is 5.78 Å². The first-order valence-electron chi connectivity index (χ1n) is 7.75. The lowest BCUT2D eigenvalue weighted by molar-refractivity contribution is 0.853. The first kappa shape index (κ1) is 15.0. The van der Waals surface area contributed by atoms with Crippen LogP contribution in [0, 0.1) is 0 Å². The van der Waals surface area contributed by atoms with Crippen LogP contribution >= 0.6 is 11.8 Å². The van der Waals surface area contributed by atoms with E-state index in [-0.39, 0.29) is 5.56 Å². The summed E-state index contributed by atoms with van der Waals surface area (Å²) >= 11 is 1.65. The molecule has 0 amide bonds. The molecular weight excluding hydrogens is 320 g/mol. The number of hydrogen-bond acceptors (Lipinski definition) is 4. The van der Waals surface area contributed by atoms with Crippen LogP contribution in [0.3, 0.4) is 0 Å². The molecule has 0 spiro atoms. The fraction of sp³-hybridized carbons (Fsp3) is 0.167. The second-order valence-electron chi connectivity index (χ2n) is 5.58. The molecule has 6 heteroatoms. The molecule has 0 atom stereocenters. The highest BCUT2D eigenvalue weighted by Crippen LogP contribution is 2.21. The molecule has 0 radical (unpaired) electrons. The van der Waals surface area contributed by atoms with Gasteiger partial charge < -0.3 is 0 Å². The molecule has 0 unspecified atom stereocenters. The molecule has 0 bridgehead atoms. The smallest absolute Gasteiger partial charge is 0.262 e. The van der Waals surface area contributed by atoms with Crippen molar-refractivity contribution in [2.24, 2.45) is 7.05 Å². The average molecular weight is 336 g/mol. The molecule has 0 fully saturated rings. The van der Waals surface area contributed by atoms with Gasteiger partial charge in [0.25, 0.3) is 5.56 Å². The molecule has 0 aliphatic rings. The fourth-order valence-electron chi connectivity index (χ4n) is 2.81. The molecule has 4 aromatic rings. The molecule has 2 heterocycles. The zero-order valence-corrected chi connectivity index (χ0v) is 14.0. The van der Waals surface area contributed by atoms with E-state index in [1.54, 1.807) is 23.4 Å². The van der Waals surface area contributed by atoms with Crippen LogP contribution in [0.2, 0.25) is 0 Å². The molecule has 0 aliphatic carbocycles. The van der Waals surface area contributed by atoms with Crippen LogP contribution in [0.5, 0.6) is 0 Å². The average Bonchev–Trinajstić information content (AvgIpc) is 3.05. The van der Waals surface area contributed by atoms with Crippen molar-refractivity contribution in [2.75, 3.05) is 5.75 Å². The quantitative estimate of drug-likeness (QED) is 0.538. The van der Waals surface area contributed by atoms with Crippen molar-refractivity contribution in [3.63, 3.8) is 0 Å². The molecule has 24 heavy (non-hydrogen) atoms. The van der Waals surface area contributed by atoms with Crippen LogP contribution in [-0.4, -0.2) is 24.9 Å². The third-order valence-electron chi connectivity index (χ3n) is 4.06. The number of nitrogens with zero attached hydrogens (tertiary/aromatic N) is 4. The van der Waals surface area contributed by atoms with E-state index in [1.807, 2.05) is 34.7 Å². The van der Waals surface area contributed by atoms with Crippen molar-refractivity contribution in [2.45, 2.75) is 11.6 Å². The minimum absolute atomic E-state index is 0.0497. The number of hydrogen-bond donors (Lipinski definition) is 0. The van der Waals surface area contributed by atoms with Gasteiger partial charge in [-0.05, 0) is 24.1 Å². The second kappa shape index (κ2) is 6.13. The Hall–Kier alpha value is -2.60. The van der Waals surface area contributed by atoms with Gasteiger partial charge in [-0.15, -0.1) is 10.2 Å². The molecule has 2 aromatic carbocycles. The summed E-state index contributed by atoms with van der Waals surface area (Å²) in [5.74, 6) is 1.48. The molecule has 0 aliphatic heterocycles. The number of aromatic nitrogens is 4. The summed E-state index contributed by atoms with van der Waals surface area (Å²) in [6.07, 6.45) is 0.962. The zero-order chi connectivity index (χ0) is 16.5. The van der Waals surface area contributed by atoms with Gasteiger partial charge in [0.05, 0.1) is 10.9 Å². The summed E-state index contributed by atoms with van der Waals surface area (Å²) in [6, 6.07) is 18.0. The van der Waals surface area contributed by atoms with Gasteiger partial charge in [0.1, 0.15) is 0 Å². The second-order valence-corrected chi connectivity index (χ2v) is 6.65. The monoisotopic (exact) mass is 336 g/mol. The SMILES string of the molecule is Cn1c(=O)c2ccccc2n2c(SCCc3ccccc3)nnc12. The van der Waals surface area contributed by atoms with Crippen LogP contribution < -0.4 is 5.56 Å². The predicted molar refractivity (Wildman–Crippen MR) is 96.6 cm³/mol. The summed E-state index contributed by atoms with van der Waals surface area (Å²) in [4.78, 5) is 12.4. The van der Waals surface area contributed by atoms with E-state index < -0.39 is 0 Å². The van der Waals surface area contributed by atoms with Gasteiger partial charge in [-0.1, -0.05) is 54.2 Å². The Kier molecular flexibility index (Phi) is 3.82. The van der Waals surface area contributed by atoms with Crippen LogP contribution in [0.25, 0.3) is 16.7 Å². The first-order valence-corrected chi connectivity index (χ1v) is 8.74. The highest BCUT2D eigenvalue weighted by Gasteiger charge is 2.14. The summed E-state index contributed by atoms with van der Waals surface area (Å²) in [5, 5.41) is 10.00. The Labute approximate surface area is 143 Å². The van der Waals surface area contributed by atoms with Gasteiger partial charge in [0, 0.05) is 12.8 Å². The van der Waals surface area contributed by atoms with Crippen molar-refractivity contribution in [3.8, 4) is 0 Å². The first-order chi connectivity index (χ1) is 11.8. The van der Waals surface area contributed by atoms with Gasteiger partial charge in [-0.25, -0.2) is 0 Å². The lowest BCUT2D eigenvalue weighted by Gasteiger charge is -2.07. The number of fused-ring (bicyclic) bond motifs is 3. The van der Waals surface area contributed by atoms with Gasteiger partial charge in [0.15, 0.2) is 5.16 Å². The molecular formula is C18H16N4OS. The maximum atomic E-state index is 12.4. The lowest BCUT2D eigenvalue weighted by Crippen LogP contribution is -2.20. The molecule has 0 N–H and O–H groups in total. The third-order valence-corrected chi connectivity index (χ3v) is 4.99. The van der Waals surface area contributed by atoms with E-state index in [2.05, 4.69) is 34.5 Å². The van der Waals surface area contributed by atoms with E-state index in [9.17, 15) is 4.79 Å². The largest absolute Gasteiger partial charge is 0.279 e. The van der Waals surface area contributed by atoms with Crippen molar-refractivity contribution in [1.82, 2.24) is 19.2 Å². The van der Waals surface area contributed by atoms with Crippen molar-refractivity contribution < 1.29 is 0 Å². The van der Waals surface area contributed by atoms with Crippen molar-refractivity contribution >= 4 is 28.4 Å². The normalized spacial score (nSPS) is 11.4. The van der Waals surface area contributed by atoms with Gasteiger partial charge in [-0.3, -0.25) is 13.8 Å². The van der Waals surface area contributed by atoms with Crippen LogP contribution in [0.4, 0.5) is 0 Å². The zero-order valence-electron chi connectivity index (χ0n) is 13.2. The van der Waals surface area contributed by atoms with Crippen LogP contribution in [0.1, 0.15) is 5.56 Å². The maximum Gasteiger partial charge on any atom is 0.262 e. The lowest BCUT2D eigenvalue weighted by atomic mass is 10.2. The van der Waals surface area contributed by atoms with E-state index in [1.165, 1.54) is 5.56 Å². The molecule has 5 nitrogen and oxygen atoms in total. The highest BCUT2D eigenvalue weighted by molar-refractivity contribution is 7.99. The third kappa shape index (κ3) is 2.49.